The Morgan fingerprint density at radius 1 is 1.45 bits per heavy atom. The van der Waals surface area contributed by atoms with Crippen LogP contribution in [-0.2, 0) is 18.2 Å². The predicted octanol–water partition coefficient (Wildman–Crippen LogP) is 2.70. The van der Waals surface area contributed by atoms with E-state index in [1.54, 1.807) is 0 Å². The van der Waals surface area contributed by atoms with Crippen molar-refractivity contribution in [2.75, 3.05) is 19.8 Å². The number of hydrogen-bond donors (Lipinski definition) is 0. The van der Waals surface area contributed by atoms with Crippen molar-refractivity contribution >= 4 is 5.91 Å². The molecular weight excluding hydrogens is 280 g/mol. The van der Waals surface area contributed by atoms with Gasteiger partial charge in [-0.15, -0.1) is 0 Å². The van der Waals surface area contributed by atoms with Gasteiger partial charge in [-0.05, 0) is 30.7 Å². The van der Waals surface area contributed by atoms with Gasteiger partial charge in [-0.25, -0.2) is 0 Å². The quantitative estimate of drug-likeness (QED) is 0.876. The van der Waals surface area contributed by atoms with Crippen LogP contribution < -0.4 is 0 Å². The Kier molecular flexibility index (Phi) is 4.07. The van der Waals surface area contributed by atoms with Crippen molar-refractivity contribution < 1.29 is 13.9 Å². The Morgan fingerprint density at radius 2 is 2.27 bits per heavy atom. The van der Waals surface area contributed by atoms with Crippen LogP contribution in [0.2, 0.25) is 0 Å². The summed E-state index contributed by atoms with van der Waals surface area (Å²) < 4.78 is 13.4. The Labute approximate surface area is 130 Å². The molecule has 2 aromatic heterocycles. The fraction of sp³-hybridized carbons (Fsp3) is 0.471. The molecule has 118 valence electrons. The second kappa shape index (κ2) is 6.01. The predicted molar refractivity (Wildman–Crippen MR) is 82.8 cm³/mol. The van der Waals surface area contributed by atoms with Crippen LogP contribution in [0.4, 0.5) is 0 Å². The monoisotopic (exact) mass is 302 g/mol. The number of ether oxygens (including phenoxy) is 1. The van der Waals surface area contributed by atoms with Gasteiger partial charge in [-0.3, -0.25) is 4.79 Å². The molecule has 0 bridgehead atoms. The molecule has 3 heterocycles. The zero-order chi connectivity index (χ0) is 15.7. The van der Waals surface area contributed by atoms with Crippen molar-refractivity contribution in [2.24, 2.45) is 7.05 Å². The van der Waals surface area contributed by atoms with E-state index in [0.717, 1.165) is 23.4 Å². The molecule has 3 rings (SSSR count). The van der Waals surface area contributed by atoms with Gasteiger partial charge < -0.3 is 18.6 Å². The van der Waals surface area contributed by atoms with Crippen LogP contribution in [0.15, 0.2) is 28.8 Å². The second-order valence-corrected chi connectivity index (χ2v) is 5.70. The molecule has 1 fully saturated rings. The van der Waals surface area contributed by atoms with E-state index in [0.29, 0.717) is 25.5 Å². The smallest absolute Gasteiger partial charge is 0.290 e. The molecule has 1 aliphatic heterocycles. The lowest BCUT2D eigenvalue weighted by molar-refractivity contribution is -0.00623. The summed E-state index contributed by atoms with van der Waals surface area (Å²) in [5, 5.41) is 0. The zero-order valence-corrected chi connectivity index (χ0v) is 13.3. The van der Waals surface area contributed by atoms with E-state index in [9.17, 15) is 4.79 Å². The van der Waals surface area contributed by atoms with Gasteiger partial charge in [0.1, 0.15) is 5.76 Å². The standard InChI is InChI=1S/C17H22N2O3/c1-4-15-12(2)10-16(22-15)17(20)19-8-9-21-11-14(19)13-6-5-7-18(13)3/h5-7,10,14H,4,8-9,11H2,1-3H3/t14-/m0/s1. The van der Waals surface area contributed by atoms with Crippen LogP contribution in [0.5, 0.6) is 0 Å². The molecule has 2 aromatic rings. The van der Waals surface area contributed by atoms with Gasteiger partial charge in [0.2, 0.25) is 0 Å². The molecule has 1 amide bonds. The Balaban J connectivity index is 1.90. The number of carbonyl (C=O) groups is 1. The topological polar surface area (TPSA) is 47.6 Å². The Morgan fingerprint density at radius 3 is 2.91 bits per heavy atom. The normalized spacial score (nSPS) is 18.7. The fourth-order valence-electron chi connectivity index (χ4n) is 3.03. The first-order chi connectivity index (χ1) is 10.6. The highest BCUT2D eigenvalue weighted by Crippen LogP contribution is 2.27. The summed E-state index contributed by atoms with van der Waals surface area (Å²) >= 11 is 0. The van der Waals surface area contributed by atoms with Crippen molar-refractivity contribution in [1.82, 2.24) is 9.47 Å². The summed E-state index contributed by atoms with van der Waals surface area (Å²) in [6.45, 7) is 5.67. The van der Waals surface area contributed by atoms with Gasteiger partial charge in [0.05, 0.1) is 19.3 Å². The summed E-state index contributed by atoms with van der Waals surface area (Å²) in [5.41, 5.74) is 2.11. The van der Waals surface area contributed by atoms with Crippen LogP contribution >= 0.6 is 0 Å². The number of aromatic nitrogens is 1. The van der Waals surface area contributed by atoms with Crippen LogP contribution in [0.25, 0.3) is 0 Å². The number of hydrogen-bond acceptors (Lipinski definition) is 3. The minimum absolute atomic E-state index is 0.0581. The van der Waals surface area contributed by atoms with Gasteiger partial charge in [0, 0.05) is 31.9 Å². The number of aryl methyl sites for hydroxylation is 3. The highest BCUT2D eigenvalue weighted by Gasteiger charge is 2.32. The maximum Gasteiger partial charge on any atom is 0.290 e. The first kappa shape index (κ1) is 14.9. The molecule has 5 heteroatoms. The van der Waals surface area contributed by atoms with Crippen LogP contribution in [0.1, 0.15) is 40.5 Å². The molecule has 1 atom stereocenters. The average Bonchev–Trinajstić information content (AvgIpc) is 3.12. The van der Waals surface area contributed by atoms with Crippen LogP contribution in [0.3, 0.4) is 0 Å². The molecule has 0 N–H and O–H groups in total. The fourth-order valence-corrected chi connectivity index (χ4v) is 3.03. The lowest BCUT2D eigenvalue weighted by Gasteiger charge is -2.35. The van der Waals surface area contributed by atoms with Crippen molar-refractivity contribution in [3.05, 3.63) is 47.2 Å². The van der Waals surface area contributed by atoms with Gasteiger partial charge >= 0.3 is 0 Å². The van der Waals surface area contributed by atoms with Crippen molar-refractivity contribution in [3.8, 4) is 0 Å². The SMILES string of the molecule is CCc1oc(C(=O)N2CCOC[C@H]2c2cccn2C)cc1C. The first-order valence-corrected chi connectivity index (χ1v) is 7.71. The van der Waals surface area contributed by atoms with Crippen LogP contribution in [0, 0.1) is 6.92 Å². The minimum Gasteiger partial charge on any atom is -0.456 e. The lowest BCUT2D eigenvalue weighted by atomic mass is 10.1. The van der Waals surface area contributed by atoms with E-state index < -0.39 is 0 Å². The van der Waals surface area contributed by atoms with Crippen molar-refractivity contribution in [2.45, 2.75) is 26.3 Å². The van der Waals surface area contributed by atoms with Crippen molar-refractivity contribution in [3.63, 3.8) is 0 Å². The third kappa shape index (κ3) is 2.57. The molecule has 0 spiro atoms. The average molecular weight is 302 g/mol. The molecule has 1 saturated heterocycles. The summed E-state index contributed by atoms with van der Waals surface area (Å²) in [4.78, 5) is 14.7. The molecule has 0 radical (unpaired) electrons. The lowest BCUT2D eigenvalue weighted by Crippen LogP contribution is -2.43. The van der Waals surface area contributed by atoms with Crippen molar-refractivity contribution in [1.29, 1.82) is 0 Å². The van der Waals surface area contributed by atoms with Gasteiger partial charge in [-0.1, -0.05) is 6.92 Å². The Bertz CT molecular complexity index is 671. The molecule has 0 aliphatic carbocycles. The highest BCUT2D eigenvalue weighted by molar-refractivity contribution is 5.92. The van der Waals surface area contributed by atoms with Gasteiger partial charge in [0.15, 0.2) is 5.76 Å². The third-order valence-electron chi connectivity index (χ3n) is 4.27. The van der Waals surface area contributed by atoms with E-state index in [1.165, 1.54) is 0 Å². The molecule has 0 unspecified atom stereocenters. The number of rotatable bonds is 3. The summed E-state index contributed by atoms with van der Waals surface area (Å²) in [5.74, 6) is 1.25. The molecule has 0 aromatic carbocycles. The number of amides is 1. The van der Waals surface area contributed by atoms with Gasteiger partial charge in [0.25, 0.3) is 5.91 Å². The molecule has 5 nitrogen and oxygen atoms in total. The zero-order valence-electron chi connectivity index (χ0n) is 13.3. The maximum absolute atomic E-state index is 12.9. The maximum atomic E-state index is 12.9. The minimum atomic E-state index is -0.0725. The van der Waals surface area contributed by atoms with Crippen LogP contribution in [-0.4, -0.2) is 35.1 Å². The highest BCUT2D eigenvalue weighted by atomic mass is 16.5. The summed E-state index contributed by atoms with van der Waals surface area (Å²) in [7, 11) is 1.98. The molecule has 1 aliphatic rings. The first-order valence-electron chi connectivity index (χ1n) is 7.71. The Hall–Kier alpha value is -2.01. The molecular formula is C17H22N2O3. The molecule has 0 saturated carbocycles. The number of furan rings is 1. The van der Waals surface area contributed by atoms with E-state index in [1.807, 2.05) is 54.8 Å². The van der Waals surface area contributed by atoms with E-state index in [-0.39, 0.29) is 11.9 Å². The summed E-state index contributed by atoms with van der Waals surface area (Å²) in [6, 6.07) is 5.79. The van der Waals surface area contributed by atoms with Gasteiger partial charge in [-0.2, -0.15) is 0 Å². The summed E-state index contributed by atoms with van der Waals surface area (Å²) in [6.07, 6.45) is 2.78. The number of morpholine rings is 1. The largest absolute Gasteiger partial charge is 0.456 e. The van der Waals surface area contributed by atoms with E-state index >= 15 is 0 Å². The van der Waals surface area contributed by atoms with E-state index in [4.69, 9.17) is 9.15 Å². The third-order valence-corrected chi connectivity index (χ3v) is 4.27. The molecule has 22 heavy (non-hydrogen) atoms. The second-order valence-electron chi connectivity index (χ2n) is 5.70. The van der Waals surface area contributed by atoms with E-state index in [2.05, 4.69) is 0 Å². The number of nitrogens with zero attached hydrogens (tertiary/aromatic N) is 2. The number of carbonyl (C=O) groups excluding carboxylic acids is 1.